The van der Waals surface area contributed by atoms with Gasteiger partial charge in [-0.1, -0.05) is 158 Å². The maximum atomic E-state index is 2.50. The molecule has 0 atom stereocenters. The van der Waals surface area contributed by atoms with Crippen molar-refractivity contribution in [2.24, 2.45) is 0 Å². The molecule has 0 unspecified atom stereocenters. The number of thiophene rings is 2. The van der Waals surface area contributed by atoms with Crippen molar-refractivity contribution >= 4 is 139 Å². The molecule has 0 amide bonds. The standard InChI is InChI=1S/C66H38N2S2/c1-3-17-45-39(13-1)15-11-23-53(45)67-55-31-27-41(37-51(55)63-57(67)33-35-61-65(63)49-21-7-9-25-59(49)69-61)43-29-30-44(48-20-6-5-19-47(43)48)42-28-32-56-52(38-42)64-58(34-36-62-66(64)50-22-8-10-26-60(50)70-62)68(56)54-24-12-16-40-14-2-4-18-46(40)54/h1-38H. The van der Waals surface area contributed by atoms with Crippen molar-refractivity contribution in [1.82, 2.24) is 9.13 Å². The summed E-state index contributed by atoms with van der Waals surface area (Å²) >= 11 is 3.77. The highest BCUT2D eigenvalue weighted by molar-refractivity contribution is 7.26. The number of rotatable bonds is 4. The largest absolute Gasteiger partial charge is 0.309 e. The molecule has 0 fully saturated rings. The highest BCUT2D eigenvalue weighted by Crippen LogP contribution is 2.48. The van der Waals surface area contributed by atoms with E-state index in [2.05, 4.69) is 240 Å². The summed E-state index contributed by atoms with van der Waals surface area (Å²) < 4.78 is 10.3. The summed E-state index contributed by atoms with van der Waals surface area (Å²) in [5.74, 6) is 0. The summed E-state index contributed by atoms with van der Waals surface area (Å²) in [5.41, 5.74) is 12.2. The number of benzene rings is 12. The first-order chi connectivity index (χ1) is 34.7. The van der Waals surface area contributed by atoms with E-state index in [9.17, 15) is 0 Å². The fourth-order valence-corrected chi connectivity index (χ4v) is 14.3. The van der Waals surface area contributed by atoms with Crippen LogP contribution in [0.1, 0.15) is 0 Å². The average molecular weight is 923 g/mol. The van der Waals surface area contributed by atoms with Crippen molar-refractivity contribution in [2.45, 2.75) is 0 Å². The second-order valence-electron chi connectivity index (χ2n) is 18.7. The predicted molar refractivity (Wildman–Crippen MR) is 304 cm³/mol. The molecule has 0 aliphatic heterocycles. The summed E-state index contributed by atoms with van der Waals surface area (Å²) in [4.78, 5) is 0. The smallest absolute Gasteiger partial charge is 0.0548 e. The van der Waals surface area contributed by atoms with Crippen LogP contribution in [-0.4, -0.2) is 9.13 Å². The Bertz CT molecular complexity index is 4580. The molecule has 70 heavy (non-hydrogen) atoms. The molecule has 12 aromatic carbocycles. The molecule has 0 spiro atoms. The zero-order valence-corrected chi connectivity index (χ0v) is 39.3. The molecule has 16 rings (SSSR count). The van der Waals surface area contributed by atoms with Gasteiger partial charge < -0.3 is 9.13 Å². The molecular weight excluding hydrogens is 885 g/mol. The van der Waals surface area contributed by atoms with Crippen LogP contribution in [0.25, 0.3) is 150 Å². The van der Waals surface area contributed by atoms with Crippen molar-refractivity contribution in [3.63, 3.8) is 0 Å². The fourth-order valence-electron chi connectivity index (χ4n) is 12.1. The van der Waals surface area contributed by atoms with E-state index in [-0.39, 0.29) is 0 Å². The van der Waals surface area contributed by atoms with Gasteiger partial charge in [-0.2, -0.15) is 0 Å². The maximum Gasteiger partial charge on any atom is 0.0548 e. The van der Waals surface area contributed by atoms with Crippen molar-refractivity contribution in [1.29, 1.82) is 0 Å². The number of nitrogens with zero attached hydrogens (tertiary/aromatic N) is 2. The SMILES string of the molecule is c1ccc2c(-n3c4ccc(-c5ccc(-c6ccc7c(c6)c6c8c(ccc6n7-c6cccc7ccccc67)sc6ccccc68)c6ccccc56)cc4c4c5c(ccc43)sc3ccccc35)cccc2c1. The Labute approximate surface area is 409 Å². The van der Waals surface area contributed by atoms with Crippen molar-refractivity contribution in [2.75, 3.05) is 0 Å². The number of hydrogen-bond donors (Lipinski definition) is 0. The van der Waals surface area contributed by atoms with Crippen LogP contribution in [0.3, 0.4) is 0 Å². The Kier molecular flexibility index (Phi) is 7.95. The molecule has 324 valence electrons. The summed E-state index contributed by atoms with van der Waals surface area (Å²) in [5, 5.41) is 17.9. The molecule has 16 aromatic rings. The van der Waals surface area contributed by atoms with Gasteiger partial charge in [-0.25, -0.2) is 0 Å². The minimum Gasteiger partial charge on any atom is -0.309 e. The van der Waals surface area contributed by atoms with E-state index >= 15 is 0 Å². The third-order valence-electron chi connectivity index (χ3n) is 15.1. The van der Waals surface area contributed by atoms with Crippen LogP contribution in [0.4, 0.5) is 0 Å². The van der Waals surface area contributed by atoms with Crippen LogP contribution in [-0.2, 0) is 0 Å². The van der Waals surface area contributed by atoms with Gasteiger partial charge in [-0.3, -0.25) is 0 Å². The lowest BCUT2D eigenvalue weighted by Gasteiger charge is -2.14. The summed E-state index contributed by atoms with van der Waals surface area (Å²) in [6, 6.07) is 86.2. The van der Waals surface area contributed by atoms with Crippen molar-refractivity contribution in [3.8, 4) is 33.6 Å². The Morgan fingerprint density at radius 2 is 0.629 bits per heavy atom. The minimum atomic E-state index is 1.20. The third-order valence-corrected chi connectivity index (χ3v) is 17.4. The molecule has 0 bridgehead atoms. The quantitative estimate of drug-likeness (QED) is 0.166. The second-order valence-corrected chi connectivity index (χ2v) is 20.9. The monoisotopic (exact) mass is 922 g/mol. The molecule has 0 aliphatic carbocycles. The Hall–Kier alpha value is -8.54. The zero-order chi connectivity index (χ0) is 45.6. The van der Waals surface area contributed by atoms with Gasteiger partial charge in [0.15, 0.2) is 0 Å². The van der Waals surface area contributed by atoms with E-state index in [4.69, 9.17) is 0 Å². The van der Waals surface area contributed by atoms with Gasteiger partial charge in [0.2, 0.25) is 0 Å². The zero-order valence-electron chi connectivity index (χ0n) is 37.7. The topological polar surface area (TPSA) is 9.86 Å². The first kappa shape index (κ1) is 38.4. The van der Waals surface area contributed by atoms with E-state index in [0.717, 1.165) is 0 Å². The van der Waals surface area contributed by atoms with E-state index in [1.54, 1.807) is 0 Å². The molecule has 0 aliphatic rings. The van der Waals surface area contributed by atoms with Gasteiger partial charge in [-0.05, 0) is 117 Å². The number of hydrogen-bond acceptors (Lipinski definition) is 2. The number of aromatic nitrogens is 2. The first-order valence-electron chi connectivity index (χ1n) is 24.0. The normalized spacial score (nSPS) is 12.3. The first-order valence-corrected chi connectivity index (χ1v) is 25.6. The van der Waals surface area contributed by atoms with Gasteiger partial charge in [-0.15, -0.1) is 22.7 Å². The third kappa shape index (κ3) is 5.32. The highest BCUT2D eigenvalue weighted by atomic mass is 32.1. The minimum absolute atomic E-state index is 1.20. The second kappa shape index (κ2) is 14.5. The van der Waals surface area contributed by atoms with Crippen LogP contribution in [0.2, 0.25) is 0 Å². The Morgan fingerprint density at radius 3 is 1.10 bits per heavy atom. The summed E-state index contributed by atoms with van der Waals surface area (Å²) in [6.45, 7) is 0. The summed E-state index contributed by atoms with van der Waals surface area (Å²) in [6.07, 6.45) is 0. The van der Waals surface area contributed by atoms with E-state index in [1.807, 2.05) is 22.7 Å². The van der Waals surface area contributed by atoms with Gasteiger partial charge in [0.1, 0.15) is 0 Å². The lowest BCUT2D eigenvalue weighted by molar-refractivity contribution is 1.20. The fraction of sp³-hybridized carbons (Fsp3) is 0. The van der Waals surface area contributed by atoms with Crippen LogP contribution in [0.5, 0.6) is 0 Å². The van der Waals surface area contributed by atoms with Gasteiger partial charge >= 0.3 is 0 Å². The number of fused-ring (bicyclic) bond motifs is 17. The van der Waals surface area contributed by atoms with E-state index in [1.165, 1.54) is 150 Å². The van der Waals surface area contributed by atoms with Crippen LogP contribution >= 0.6 is 22.7 Å². The molecule has 4 heterocycles. The van der Waals surface area contributed by atoms with Crippen molar-refractivity contribution in [3.05, 3.63) is 231 Å². The maximum absolute atomic E-state index is 2.50. The molecule has 0 N–H and O–H groups in total. The van der Waals surface area contributed by atoms with Gasteiger partial charge in [0.25, 0.3) is 0 Å². The van der Waals surface area contributed by atoms with Crippen molar-refractivity contribution < 1.29 is 0 Å². The van der Waals surface area contributed by atoms with Gasteiger partial charge in [0.05, 0.1) is 33.4 Å². The molecular formula is C66H38N2S2. The molecule has 0 radical (unpaired) electrons. The van der Waals surface area contributed by atoms with Crippen LogP contribution in [0, 0.1) is 0 Å². The molecule has 0 saturated carbocycles. The average Bonchev–Trinajstić information content (AvgIpc) is 4.17. The highest BCUT2D eigenvalue weighted by Gasteiger charge is 2.23. The van der Waals surface area contributed by atoms with Crippen LogP contribution < -0.4 is 0 Å². The van der Waals surface area contributed by atoms with Crippen LogP contribution in [0.15, 0.2) is 231 Å². The van der Waals surface area contributed by atoms with Gasteiger partial charge in [0, 0.05) is 72.7 Å². The predicted octanol–water partition coefficient (Wildman–Crippen LogP) is 19.4. The van der Waals surface area contributed by atoms with E-state index in [0.29, 0.717) is 0 Å². The Morgan fingerprint density at radius 1 is 0.243 bits per heavy atom. The molecule has 0 saturated heterocycles. The van der Waals surface area contributed by atoms with E-state index < -0.39 is 0 Å². The lowest BCUT2D eigenvalue weighted by atomic mass is 9.91. The Balaban J connectivity index is 0.936. The molecule has 4 heteroatoms. The lowest BCUT2D eigenvalue weighted by Crippen LogP contribution is -1.95. The molecule has 2 nitrogen and oxygen atoms in total. The summed E-state index contributed by atoms with van der Waals surface area (Å²) in [7, 11) is 0. The molecule has 4 aromatic heterocycles.